The van der Waals surface area contributed by atoms with E-state index >= 15 is 0 Å². The number of halogens is 2. The van der Waals surface area contributed by atoms with Gasteiger partial charge in [0.1, 0.15) is 11.6 Å². The van der Waals surface area contributed by atoms with Crippen LogP contribution in [0.2, 0.25) is 5.02 Å². The van der Waals surface area contributed by atoms with Crippen molar-refractivity contribution in [2.45, 2.75) is 26.4 Å². The number of guanidine groups is 1. The maximum atomic E-state index is 6.02. The lowest BCUT2D eigenvalue weighted by Crippen LogP contribution is -2.37. The number of benzene rings is 2. The molecule has 3 aromatic rings. The standard InChI is InChI=1S/C21H26ClN5O.HI/c1-15-26-18-7-4-5-8-19(18)27(15)12-6-11-24-21(23-2)25-14-16-9-10-17(22)13-20(16)28-3;/h4-5,7-10,13H,6,11-12,14H2,1-3H3,(H2,23,24,25);1H. The summed E-state index contributed by atoms with van der Waals surface area (Å²) < 4.78 is 7.64. The second kappa shape index (κ2) is 11.3. The van der Waals surface area contributed by atoms with Crippen LogP contribution < -0.4 is 15.4 Å². The highest BCUT2D eigenvalue weighted by atomic mass is 127. The van der Waals surface area contributed by atoms with Gasteiger partial charge in [0, 0.05) is 37.3 Å². The van der Waals surface area contributed by atoms with E-state index < -0.39 is 0 Å². The molecule has 8 heteroatoms. The van der Waals surface area contributed by atoms with Crippen LogP contribution in [0, 0.1) is 6.92 Å². The molecule has 1 heterocycles. The number of para-hydroxylation sites is 2. The number of fused-ring (bicyclic) bond motifs is 1. The fraction of sp³-hybridized carbons (Fsp3) is 0.333. The number of aryl methyl sites for hydroxylation is 2. The number of nitrogens with one attached hydrogen (secondary N) is 2. The van der Waals surface area contributed by atoms with Crippen molar-refractivity contribution in [3.63, 3.8) is 0 Å². The summed E-state index contributed by atoms with van der Waals surface area (Å²) in [5.74, 6) is 2.56. The zero-order valence-electron chi connectivity index (χ0n) is 16.9. The lowest BCUT2D eigenvalue weighted by atomic mass is 10.2. The van der Waals surface area contributed by atoms with Crippen molar-refractivity contribution < 1.29 is 4.74 Å². The summed E-state index contributed by atoms with van der Waals surface area (Å²) in [5.41, 5.74) is 3.25. The summed E-state index contributed by atoms with van der Waals surface area (Å²) in [6.45, 7) is 4.36. The largest absolute Gasteiger partial charge is 0.496 e. The van der Waals surface area contributed by atoms with Gasteiger partial charge in [0.15, 0.2) is 5.96 Å². The second-order valence-corrected chi connectivity index (χ2v) is 6.90. The number of ether oxygens (including phenoxy) is 1. The molecule has 0 unspecified atom stereocenters. The third kappa shape index (κ3) is 5.99. The summed E-state index contributed by atoms with van der Waals surface area (Å²) >= 11 is 6.02. The molecule has 0 bridgehead atoms. The molecule has 29 heavy (non-hydrogen) atoms. The van der Waals surface area contributed by atoms with Gasteiger partial charge < -0.3 is 19.9 Å². The number of hydrogen-bond donors (Lipinski definition) is 2. The van der Waals surface area contributed by atoms with Crippen LogP contribution in [0.5, 0.6) is 5.75 Å². The van der Waals surface area contributed by atoms with E-state index in [1.807, 2.05) is 37.3 Å². The van der Waals surface area contributed by atoms with Crippen LogP contribution in [0.25, 0.3) is 11.0 Å². The molecule has 156 valence electrons. The van der Waals surface area contributed by atoms with Gasteiger partial charge in [0.05, 0.1) is 18.1 Å². The van der Waals surface area contributed by atoms with Crippen molar-refractivity contribution in [3.8, 4) is 5.75 Å². The predicted octanol–water partition coefficient (Wildman–Crippen LogP) is 4.38. The molecule has 2 aromatic carbocycles. The van der Waals surface area contributed by atoms with E-state index in [2.05, 4.69) is 37.3 Å². The van der Waals surface area contributed by atoms with Crippen LogP contribution in [0.1, 0.15) is 17.8 Å². The molecular formula is C21H27ClIN5O. The molecule has 0 aliphatic carbocycles. The van der Waals surface area contributed by atoms with Crippen LogP contribution >= 0.6 is 35.6 Å². The Kier molecular flexibility index (Phi) is 9.03. The second-order valence-electron chi connectivity index (χ2n) is 6.46. The summed E-state index contributed by atoms with van der Waals surface area (Å²) in [6.07, 6.45) is 0.964. The summed E-state index contributed by atoms with van der Waals surface area (Å²) in [7, 11) is 3.41. The molecule has 3 rings (SSSR count). The number of hydrogen-bond acceptors (Lipinski definition) is 3. The van der Waals surface area contributed by atoms with Crippen LogP contribution in [-0.2, 0) is 13.1 Å². The topological polar surface area (TPSA) is 63.5 Å². The zero-order valence-corrected chi connectivity index (χ0v) is 20.0. The number of aliphatic imine (C=N–C) groups is 1. The van der Waals surface area contributed by atoms with Crippen molar-refractivity contribution in [1.29, 1.82) is 0 Å². The molecule has 0 atom stereocenters. The molecule has 2 N–H and O–H groups in total. The molecule has 0 amide bonds. The minimum absolute atomic E-state index is 0. The molecule has 0 aliphatic rings. The average molecular weight is 528 g/mol. The highest BCUT2D eigenvalue weighted by molar-refractivity contribution is 14.0. The number of aromatic nitrogens is 2. The van der Waals surface area contributed by atoms with Crippen molar-refractivity contribution >= 4 is 52.6 Å². The Hall–Kier alpha value is -2.00. The van der Waals surface area contributed by atoms with Crippen molar-refractivity contribution in [1.82, 2.24) is 20.2 Å². The van der Waals surface area contributed by atoms with E-state index in [-0.39, 0.29) is 24.0 Å². The van der Waals surface area contributed by atoms with E-state index in [9.17, 15) is 0 Å². The van der Waals surface area contributed by atoms with Crippen molar-refractivity contribution in [2.24, 2.45) is 4.99 Å². The number of imidazole rings is 1. The molecular weight excluding hydrogens is 501 g/mol. The normalized spacial score (nSPS) is 11.2. The summed E-state index contributed by atoms with van der Waals surface area (Å²) in [5, 5.41) is 7.33. The Morgan fingerprint density at radius 1 is 1.21 bits per heavy atom. The van der Waals surface area contributed by atoms with Gasteiger partial charge >= 0.3 is 0 Å². The molecule has 0 fully saturated rings. The van der Waals surface area contributed by atoms with Gasteiger partial charge in [0.2, 0.25) is 0 Å². The summed E-state index contributed by atoms with van der Waals surface area (Å²) in [6, 6.07) is 13.9. The van der Waals surface area contributed by atoms with Gasteiger partial charge in [-0.1, -0.05) is 29.8 Å². The van der Waals surface area contributed by atoms with E-state index in [1.54, 1.807) is 14.2 Å². The minimum Gasteiger partial charge on any atom is -0.496 e. The molecule has 0 spiro atoms. The monoisotopic (exact) mass is 527 g/mol. The first-order valence-corrected chi connectivity index (χ1v) is 9.69. The first-order valence-electron chi connectivity index (χ1n) is 9.31. The van der Waals surface area contributed by atoms with Gasteiger partial charge in [0.25, 0.3) is 0 Å². The Labute approximate surface area is 193 Å². The maximum Gasteiger partial charge on any atom is 0.191 e. The van der Waals surface area contributed by atoms with Gasteiger partial charge in [-0.05, 0) is 37.6 Å². The molecule has 1 aromatic heterocycles. The van der Waals surface area contributed by atoms with Crippen LogP contribution in [0.4, 0.5) is 0 Å². The highest BCUT2D eigenvalue weighted by Gasteiger charge is 2.07. The van der Waals surface area contributed by atoms with Crippen molar-refractivity contribution in [3.05, 3.63) is 58.9 Å². The van der Waals surface area contributed by atoms with Gasteiger partial charge in [-0.25, -0.2) is 4.98 Å². The van der Waals surface area contributed by atoms with Crippen LogP contribution in [-0.4, -0.2) is 36.2 Å². The predicted molar refractivity (Wildman–Crippen MR) is 131 cm³/mol. The highest BCUT2D eigenvalue weighted by Crippen LogP contribution is 2.22. The van der Waals surface area contributed by atoms with E-state index in [1.165, 1.54) is 5.52 Å². The lowest BCUT2D eigenvalue weighted by molar-refractivity contribution is 0.409. The number of methoxy groups -OCH3 is 1. The first kappa shape index (κ1) is 23.3. The Bertz CT molecular complexity index is 973. The molecule has 0 aliphatic heterocycles. The van der Waals surface area contributed by atoms with E-state index in [0.29, 0.717) is 11.6 Å². The Morgan fingerprint density at radius 3 is 2.76 bits per heavy atom. The Balaban J connectivity index is 0.00000300. The van der Waals surface area contributed by atoms with Crippen LogP contribution in [0.3, 0.4) is 0 Å². The van der Waals surface area contributed by atoms with Gasteiger partial charge in [-0.15, -0.1) is 24.0 Å². The molecule has 0 radical (unpaired) electrons. The van der Waals surface area contributed by atoms with Gasteiger partial charge in [-0.2, -0.15) is 0 Å². The number of rotatable bonds is 7. The molecule has 0 saturated heterocycles. The third-order valence-electron chi connectivity index (χ3n) is 4.62. The third-order valence-corrected chi connectivity index (χ3v) is 4.85. The smallest absolute Gasteiger partial charge is 0.191 e. The maximum absolute atomic E-state index is 6.02. The SMILES string of the molecule is CN=C(NCCCn1c(C)nc2ccccc21)NCc1ccc(Cl)cc1OC.I. The fourth-order valence-electron chi connectivity index (χ4n) is 3.19. The molecule has 0 saturated carbocycles. The fourth-order valence-corrected chi connectivity index (χ4v) is 3.35. The average Bonchev–Trinajstić information content (AvgIpc) is 3.03. The first-order chi connectivity index (χ1) is 13.6. The summed E-state index contributed by atoms with van der Waals surface area (Å²) in [4.78, 5) is 8.90. The number of nitrogens with zero attached hydrogens (tertiary/aromatic N) is 3. The van der Waals surface area contributed by atoms with Crippen LogP contribution in [0.15, 0.2) is 47.5 Å². The Morgan fingerprint density at radius 2 is 2.00 bits per heavy atom. The lowest BCUT2D eigenvalue weighted by Gasteiger charge is -2.14. The van der Waals surface area contributed by atoms with Crippen molar-refractivity contribution in [2.75, 3.05) is 20.7 Å². The minimum atomic E-state index is 0. The van der Waals surface area contributed by atoms with E-state index in [0.717, 1.165) is 48.1 Å². The molecule has 6 nitrogen and oxygen atoms in total. The van der Waals surface area contributed by atoms with Gasteiger partial charge in [-0.3, -0.25) is 4.99 Å². The quantitative estimate of drug-likeness (QED) is 0.207. The van der Waals surface area contributed by atoms with E-state index in [4.69, 9.17) is 16.3 Å². The zero-order chi connectivity index (χ0) is 19.9.